The monoisotopic (exact) mass is 330 g/mol. The van der Waals surface area contributed by atoms with Gasteiger partial charge in [-0.1, -0.05) is 65.5 Å². The van der Waals surface area contributed by atoms with Crippen LogP contribution in [0.5, 0.6) is 5.75 Å². The minimum atomic E-state index is 0.443. The number of hydrogen-bond acceptors (Lipinski definition) is 1. The molecule has 1 aliphatic rings. The molecule has 104 valence electrons. The van der Waals surface area contributed by atoms with Crippen LogP contribution >= 0.6 is 15.9 Å². The summed E-state index contributed by atoms with van der Waals surface area (Å²) < 4.78 is 1.07. The van der Waals surface area contributed by atoms with Crippen LogP contribution in [0.15, 0.2) is 46.9 Å². The van der Waals surface area contributed by atoms with Crippen LogP contribution in [0.25, 0.3) is 11.1 Å². The van der Waals surface area contributed by atoms with E-state index in [1.807, 2.05) is 24.3 Å². The summed E-state index contributed by atoms with van der Waals surface area (Å²) in [5, 5.41) is 10.4. The van der Waals surface area contributed by atoms with Gasteiger partial charge in [-0.15, -0.1) is 0 Å². The van der Waals surface area contributed by atoms with Crippen molar-refractivity contribution in [2.24, 2.45) is 0 Å². The van der Waals surface area contributed by atoms with Gasteiger partial charge in [-0.2, -0.15) is 0 Å². The Morgan fingerprint density at radius 3 is 2.35 bits per heavy atom. The van der Waals surface area contributed by atoms with Crippen LogP contribution in [-0.4, -0.2) is 5.11 Å². The molecule has 1 fully saturated rings. The zero-order valence-electron chi connectivity index (χ0n) is 11.5. The Balaban J connectivity index is 1.98. The van der Waals surface area contributed by atoms with E-state index in [9.17, 15) is 5.11 Å². The van der Waals surface area contributed by atoms with Crippen LogP contribution in [0.4, 0.5) is 0 Å². The Bertz CT molecular complexity index is 586. The number of phenols is 1. The number of aromatic hydroxyl groups is 1. The van der Waals surface area contributed by atoms with Crippen molar-refractivity contribution in [3.8, 4) is 16.9 Å². The van der Waals surface area contributed by atoms with E-state index in [-0.39, 0.29) is 0 Å². The standard InChI is InChI=1S/C18H19BrO/c19-17-11-16(14-9-5-2-6-10-14)18(20)12-15(17)13-7-3-1-4-8-13/h1,3-4,7-8,11-12,14,20H,2,5-6,9-10H2. The van der Waals surface area contributed by atoms with E-state index in [0.717, 1.165) is 21.2 Å². The van der Waals surface area contributed by atoms with Crippen LogP contribution in [0.2, 0.25) is 0 Å². The van der Waals surface area contributed by atoms with E-state index in [4.69, 9.17) is 0 Å². The molecule has 0 aromatic heterocycles. The molecular formula is C18H19BrO. The molecule has 0 aliphatic heterocycles. The first-order valence-electron chi connectivity index (χ1n) is 7.33. The number of halogens is 1. The highest BCUT2D eigenvalue weighted by atomic mass is 79.9. The smallest absolute Gasteiger partial charge is 0.119 e. The molecule has 1 nitrogen and oxygen atoms in total. The maximum atomic E-state index is 10.4. The molecule has 0 unspecified atom stereocenters. The van der Waals surface area contributed by atoms with Crippen molar-refractivity contribution in [3.63, 3.8) is 0 Å². The van der Waals surface area contributed by atoms with Crippen LogP contribution < -0.4 is 0 Å². The van der Waals surface area contributed by atoms with Gasteiger partial charge in [0, 0.05) is 4.47 Å². The van der Waals surface area contributed by atoms with Gasteiger partial charge in [-0.05, 0) is 47.6 Å². The maximum Gasteiger partial charge on any atom is 0.119 e. The molecule has 2 aromatic carbocycles. The summed E-state index contributed by atoms with van der Waals surface area (Å²) in [6, 6.07) is 14.2. The lowest BCUT2D eigenvalue weighted by Gasteiger charge is -2.23. The molecule has 20 heavy (non-hydrogen) atoms. The molecule has 0 amide bonds. The van der Waals surface area contributed by atoms with Crippen LogP contribution in [-0.2, 0) is 0 Å². The molecule has 2 aromatic rings. The lowest BCUT2D eigenvalue weighted by atomic mass is 9.83. The normalized spacial score (nSPS) is 16.2. The van der Waals surface area contributed by atoms with Gasteiger partial charge in [0.05, 0.1) is 0 Å². The Kier molecular flexibility index (Phi) is 4.11. The van der Waals surface area contributed by atoms with Crippen LogP contribution in [0.3, 0.4) is 0 Å². The van der Waals surface area contributed by atoms with Gasteiger partial charge in [-0.3, -0.25) is 0 Å². The van der Waals surface area contributed by atoms with Gasteiger partial charge in [0.25, 0.3) is 0 Å². The predicted octanol–water partition coefficient (Wildman–Crippen LogP) is 5.87. The molecule has 1 saturated carbocycles. The van der Waals surface area contributed by atoms with Crippen molar-refractivity contribution in [3.05, 3.63) is 52.5 Å². The van der Waals surface area contributed by atoms with Crippen LogP contribution in [0.1, 0.15) is 43.6 Å². The number of benzene rings is 2. The first kappa shape index (κ1) is 13.7. The average Bonchev–Trinajstić information content (AvgIpc) is 2.51. The van der Waals surface area contributed by atoms with E-state index >= 15 is 0 Å². The minimum Gasteiger partial charge on any atom is -0.508 e. The fourth-order valence-electron chi connectivity index (χ4n) is 3.16. The number of hydrogen-bond donors (Lipinski definition) is 1. The molecule has 0 heterocycles. The highest BCUT2D eigenvalue weighted by Crippen LogP contribution is 2.41. The van der Waals surface area contributed by atoms with Crippen molar-refractivity contribution in [1.29, 1.82) is 0 Å². The van der Waals surface area contributed by atoms with Gasteiger partial charge < -0.3 is 5.11 Å². The molecule has 3 rings (SSSR count). The zero-order chi connectivity index (χ0) is 13.9. The van der Waals surface area contributed by atoms with Crippen LogP contribution in [0, 0.1) is 0 Å². The fraction of sp³-hybridized carbons (Fsp3) is 0.333. The van der Waals surface area contributed by atoms with Gasteiger partial charge in [-0.25, -0.2) is 0 Å². The molecular weight excluding hydrogens is 312 g/mol. The number of rotatable bonds is 2. The SMILES string of the molecule is Oc1cc(-c2ccccc2)c(Br)cc1C1CCCCC1. The third-order valence-corrected chi connectivity index (χ3v) is 4.90. The second-order valence-corrected chi connectivity index (χ2v) is 6.45. The predicted molar refractivity (Wildman–Crippen MR) is 87.1 cm³/mol. The third-order valence-electron chi connectivity index (χ3n) is 4.25. The summed E-state index contributed by atoms with van der Waals surface area (Å²) >= 11 is 3.67. The van der Waals surface area contributed by atoms with E-state index in [2.05, 4.69) is 34.1 Å². The van der Waals surface area contributed by atoms with Gasteiger partial charge >= 0.3 is 0 Å². The maximum absolute atomic E-state index is 10.4. The number of phenolic OH excluding ortho intramolecular Hbond substituents is 1. The van der Waals surface area contributed by atoms with E-state index in [0.29, 0.717) is 11.7 Å². The minimum absolute atomic E-state index is 0.443. The molecule has 0 atom stereocenters. The van der Waals surface area contributed by atoms with Crippen molar-refractivity contribution < 1.29 is 5.11 Å². The summed E-state index contributed by atoms with van der Waals surface area (Å²) in [4.78, 5) is 0. The van der Waals surface area contributed by atoms with Crippen molar-refractivity contribution in [2.45, 2.75) is 38.0 Å². The first-order valence-corrected chi connectivity index (χ1v) is 8.13. The van der Waals surface area contributed by atoms with E-state index in [1.54, 1.807) is 0 Å². The molecule has 0 bridgehead atoms. The van der Waals surface area contributed by atoms with Crippen molar-refractivity contribution >= 4 is 15.9 Å². The summed E-state index contributed by atoms with van der Waals surface area (Å²) in [6.07, 6.45) is 6.29. The lowest BCUT2D eigenvalue weighted by molar-refractivity contribution is 0.414. The van der Waals surface area contributed by atoms with Crippen molar-refractivity contribution in [2.75, 3.05) is 0 Å². The third kappa shape index (κ3) is 2.76. The largest absolute Gasteiger partial charge is 0.508 e. The quantitative estimate of drug-likeness (QED) is 0.730. The van der Waals surface area contributed by atoms with E-state index < -0.39 is 0 Å². The van der Waals surface area contributed by atoms with Gasteiger partial charge in [0.15, 0.2) is 0 Å². The molecule has 0 spiro atoms. The Morgan fingerprint density at radius 2 is 1.65 bits per heavy atom. The zero-order valence-corrected chi connectivity index (χ0v) is 13.1. The van der Waals surface area contributed by atoms with Gasteiger partial charge in [0.1, 0.15) is 5.75 Å². The first-order chi connectivity index (χ1) is 9.75. The highest BCUT2D eigenvalue weighted by molar-refractivity contribution is 9.10. The van der Waals surface area contributed by atoms with E-state index in [1.165, 1.54) is 32.1 Å². The summed E-state index contributed by atoms with van der Waals surface area (Å²) in [6.45, 7) is 0. The molecule has 0 radical (unpaired) electrons. The van der Waals surface area contributed by atoms with Gasteiger partial charge in [0.2, 0.25) is 0 Å². The summed E-state index contributed by atoms with van der Waals surface area (Å²) in [5.41, 5.74) is 3.30. The average molecular weight is 331 g/mol. The second kappa shape index (κ2) is 6.01. The highest BCUT2D eigenvalue weighted by Gasteiger charge is 2.20. The molecule has 1 aliphatic carbocycles. The molecule has 1 N–H and O–H groups in total. The Hall–Kier alpha value is -1.28. The Morgan fingerprint density at radius 1 is 0.950 bits per heavy atom. The Labute approximate surface area is 128 Å². The summed E-state index contributed by atoms with van der Waals surface area (Å²) in [7, 11) is 0. The van der Waals surface area contributed by atoms with Crippen molar-refractivity contribution in [1.82, 2.24) is 0 Å². The fourth-order valence-corrected chi connectivity index (χ4v) is 3.75. The molecule has 0 saturated heterocycles. The summed E-state index contributed by atoms with van der Waals surface area (Å²) in [5.74, 6) is 0.962. The molecule has 2 heteroatoms. The topological polar surface area (TPSA) is 20.2 Å². The second-order valence-electron chi connectivity index (χ2n) is 5.59. The lowest BCUT2D eigenvalue weighted by Crippen LogP contribution is -2.05.